The van der Waals surface area contributed by atoms with Crippen molar-refractivity contribution in [2.75, 3.05) is 6.61 Å². The molecule has 0 saturated carbocycles. The second-order valence-electron chi connectivity index (χ2n) is 4.42. The lowest BCUT2D eigenvalue weighted by molar-refractivity contribution is -0.137. The van der Waals surface area contributed by atoms with Crippen LogP contribution in [0.4, 0.5) is 0 Å². The monoisotopic (exact) mass is 245 g/mol. The zero-order chi connectivity index (χ0) is 13.3. The predicted molar refractivity (Wildman–Crippen MR) is 64.8 cm³/mol. The number of carbonyl (C=O) groups is 2. The molecule has 0 radical (unpaired) electrons. The molecule has 0 bridgehead atoms. The quantitative estimate of drug-likeness (QED) is 0.604. The molecular weight excluding hydrogens is 222 g/mol. The molecule has 0 saturated heterocycles. The van der Waals surface area contributed by atoms with Crippen molar-refractivity contribution in [3.8, 4) is 0 Å². The van der Waals surface area contributed by atoms with Crippen molar-refractivity contribution in [3.63, 3.8) is 0 Å². The number of rotatable bonds is 9. The maximum atomic E-state index is 11.4. The van der Waals surface area contributed by atoms with Crippen molar-refractivity contribution in [3.05, 3.63) is 0 Å². The summed E-state index contributed by atoms with van der Waals surface area (Å²) >= 11 is 0. The molecule has 0 aromatic heterocycles. The number of hydrogen-bond donors (Lipinski definition) is 2. The summed E-state index contributed by atoms with van der Waals surface area (Å²) in [7, 11) is 0. The van der Waals surface area contributed by atoms with Crippen molar-refractivity contribution < 1.29 is 19.4 Å². The van der Waals surface area contributed by atoms with Gasteiger partial charge in [0.1, 0.15) is 0 Å². The molecule has 5 nitrogen and oxygen atoms in total. The third-order valence-corrected chi connectivity index (χ3v) is 2.20. The molecule has 0 aliphatic carbocycles. The summed E-state index contributed by atoms with van der Waals surface area (Å²) in [5.74, 6) is -0.883. The molecule has 0 aliphatic rings. The number of amides is 1. The maximum absolute atomic E-state index is 11.4. The van der Waals surface area contributed by atoms with E-state index in [-0.39, 0.29) is 24.5 Å². The molecule has 100 valence electrons. The van der Waals surface area contributed by atoms with Gasteiger partial charge >= 0.3 is 5.97 Å². The van der Waals surface area contributed by atoms with E-state index in [4.69, 9.17) is 9.84 Å². The topological polar surface area (TPSA) is 75.6 Å². The van der Waals surface area contributed by atoms with Gasteiger partial charge in [0.15, 0.2) is 0 Å². The number of ether oxygens (including phenoxy) is 1. The zero-order valence-corrected chi connectivity index (χ0v) is 10.9. The molecule has 0 spiro atoms. The maximum Gasteiger partial charge on any atom is 0.303 e. The van der Waals surface area contributed by atoms with Crippen LogP contribution in [0.15, 0.2) is 0 Å². The second-order valence-corrected chi connectivity index (χ2v) is 4.42. The van der Waals surface area contributed by atoms with Crippen LogP contribution in [0, 0.1) is 0 Å². The summed E-state index contributed by atoms with van der Waals surface area (Å²) < 4.78 is 5.32. The van der Waals surface area contributed by atoms with Crippen molar-refractivity contribution in [2.45, 2.75) is 58.6 Å². The Morgan fingerprint density at radius 2 is 1.88 bits per heavy atom. The Labute approximate surface area is 103 Å². The number of carboxylic acids is 1. The second kappa shape index (κ2) is 8.98. The average Bonchev–Trinajstić information content (AvgIpc) is 2.21. The highest BCUT2D eigenvalue weighted by atomic mass is 16.5. The first-order valence-electron chi connectivity index (χ1n) is 6.04. The Balaban J connectivity index is 3.53. The van der Waals surface area contributed by atoms with Crippen molar-refractivity contribution in [2.24, 2.45) is 0 Å². The van der Waals surface area contributed by atoms with Crippen LogP contribution in [0.25, 0.3) is 0 Å². The molecule has 1 amide bonds. The van der Waals surface area contributed by atoms with E-state index < -0.39 is 5.97 Å². The lowest BCUT2D eigenvalue weighted by Crippen LogP contribution is -2.32. The Kier molecular flexibility index (Phi) is 8.40. The fourth-order valence-corrected chi connectivity index (χ4v) is 1.31. The smallest absolute Gasteiger partial charge is 0.303 e. The molecule has 0 aromatic carbocycles. The molecule has 0 heterocycles. The molecule has 0 aliphatic heterocycles. The van der Waals surface area contributed by atoms with Gasteiger partial charge in [0, 0.05) is 25.5 Å². The van der Waals surface area contributed by atoms with Crippen molar-refractivity contribution in [1.29, 1.82) is 0 Å². The van der Waals surface area contributed by atoms with E-state index in [9.17, 15) is 9.59 Å². The first kappa shape index (κ1) is 15.9. The zero-order valence-electron chi connectivity index (χ0n) is 10.9. The van der Waals surface area contributed by atoms with E-state index in [0.717, 1.165) is 0 Å². The summed E-state index contributed by atoms with van der Waals surface area (Å²) in [5.41, 5.74) is 0. The Morgan fingerprint density at radius 3 is 2.41 bits per heavy atom. The summed E-state index contributed by atoms with van der Waals surface area (Å²) in [6, 6.07) is -0.0929. The molecular formula is C12H23NO4. The highest BCUT2D eigenvalue weighted by Crippen LogP contribution is 1.99. The standard InChI is InChI=1S/C12H23NO4/c1-9(2)17-8-4-5-11(14)13-10(3)6-7-12(15)16/h9-10H,4-8H2,1-3H3,(H,13,14)(H,15,16). The van der Waals surface area contributed by atoms with Crippen LogP contribution in [0.2, 0.25) is 0 Å². The van der Waals surface area contributed by atoms with Gasteiger partial charge in [-0.05, 0) is 33.6 Å². The number of carboxylic acid groups (broad SMARTS) is 1. The average molecular weight is 245 g/mol. The molecule has 1 atom stereocenters. The molecule has 17 heavy (non-hydrogen) atoms. The van der Waals surface area contributed by atoms with Gasteiger partial charge in [0.2, 0.25) is 5.91 Å². The van der Waals surface area contributed by atoms with Gasteiger partial charge in [-0.25, -0.2) is 0 Å². The lowest BCUT2D eigenvalue weighted by Gasteiger charge is -2.13. The fraction of sp³-hybridized carbons (Fsp3) is 0.833. The largest absolute Gasteiger partial charge is 0.481 e. The van der Waals surface area contributed by atoms with E-state index in [0.29, 0.717) is 25.9 Å². The van der Waals surface area contributed by atoms with Crippen LogP contribution in [0.1, 0.15) is 46.5 Å². The van der Waals surface area contributed by atoms with Crippen LogP contribution in [-0.4, -0.2) is 35.7 Å². The number of nitrogens with one attached hydrogen (secondary N) is 1. The van der Waals surface area contributed by atoms with Gasteiger partial charge in [-0.15, -0.1) is 0 Å². The van der Waals surface area contributed by atoms with Crippen LogP contribution in [-0.2, 0) is 14.3 Å². The van der Waals surface area contributed by atoms with Crippen LogP contribution >= 0.6 is 0 Å². The van der Waals surface area contributed by atoms with E-state index in [1.54, 1.807) is 0 Å². The first-order chi connectivity index (χ1) is 7.91. The van der Waals surface area contributed by atoms with E-state index in [1.807, 2.05) is 20.8 Å². The molecule has 2 N–H and O–H groups in total. The first-order valence-corrected chi connectivity index (χ1v) is 6.04. The predicted octanol–water partition coefficient (Wildman–Crippen LogP) is 1.56. The normalized spacial score (nSPS) is 12.5. The molecule has 0 aromatic rings. The Hall–Kier alpha value is -1.10. The highest BCUT2D eigenvalue weighted by molar-refractivity contribution is 5.76. The van der Waals surface area contributed by atoms with Crippen molar-refractivity contribution in [1.82, 2.24) is 5.32 Å². The lowest BCUT2D eigenvalue weighted by atomic mass is 10.2. The Morgan fingerprint density at radius 1 is 1.24 bits per heavy atom. The van der Waals surface area contributed by atoms with Crippen LogP contribution < -0.4 is 5.32 Å². The fourth-order valence-electron chi connectivity index (χ4n) is 1.31. The third-order valence-electron chi connectivity index (χ3n) is 2.20. The highest BCUT2D eigenvalue weighted by Gasteiger charge is 2.08. The van der Waals surface area contributed by atoms with Crippen LogP contribution in [0.3, 0.4) is 0 Å². The Bertz CT molecular complexity index is 241. The summed E-state index contributed by atoms with van der Waals surface area (Å²) in [6.45, 7) is 6.29. The summed E-state index contributed by atoms with van der Waals surface area (Å²) in [4.78, 5) is 21.8. The van der Waals surface area contributed by atoms with Crippen LogP contribution in [0.5, 0.6) is 0 Å². The van der Waals surface area contributed by atoms with Gasteiger partial charge in [0.25, 0.3) is 0 Å². The number of aliphatic carboxylic acids is 1. The van der Waals surface area contributed by atoms with Crippen molar-refractivity contribution >= 4 is 11.9 Å². The number of carbonyl (C=O) groups excluding carboxylic acids is 1. The minimum atomic E-state index is -0.837. The van der Waals surface area contributed by atoms with E-state index >= 15 is 0 Å². The van der Waals surface area contributed by atoms with Gasteiger partial charge in [-0.3, -0.25) is 9.59 Å². The van der Waals surface area contributed by atoms with Gasteiger partial charge < -0.3 is 15.2 Å². The van der Waals surface area contributed by atoms with Gasteiger partial charge in [-0.1, -0.05) is 0 Å². The third kappa shape index (κ3) is 11.2. The minimum Gasteiger partial charge on any atom is -0.481 e. The van der Waals surface area contributed by atoms with E-state index in [1.165, 1.54) is 0 Å². The molecule has 0 rings (SSSR count). The SMILES string of the molecule is CC(CCC(=O)O)NC(=O)CCCOC(C)C. The van der Waals surface area contributed by atoms with Gasteiger partial charge in [-0.2, -0.15) is 0 Å². The summed E-state index contributed by atoms with van der Waals surface area (Å²) in [6.07, 6.45) is 1.84. The number of hydrogen-bond acceptors (Lipinski definition) is 3. The van der Waals surface area contributed by atoms with E-state index in [2.05, 4.69) is 5.32 Å². The van der Waals surface area contributed by atoms with Gasteiger partial charge in [0.05, 0.1) is 6.10 Å². The molecule has 1 unspecified atom stereocenters. The molecule has 0 fully saturated rings. The molecule has 5 heteroatoms. The minimum absolute atomic E-state index is 0.0461. The summed E-state index contributed by atoms with van der Waals surface area (Å²) in [5, 5.41) is 11.3.